The summed E-state index contributed by atoms with van der Waals surface area (Å²) in [4.78, 5) is 17.5. The van der Waals surface area contributed by atoms with Gasteiger partial charge in [-0.3, -0.25) is 4.79 Å². The fourth-order valence-corrected chi connectivity index (χ4v) is 5.48. The highest BCUT2D eigenvalue weighted by Gasteiger charge is 2.56. The number of carbonyl (C=O) groups is 1. The van der Waals surface area contributed by atoms with Crippen LogP contribution in [-0.4, -0.2) is 53.1 Å². The van der Waals surface area contributed by atoms with Crippen molar-refractivity contribution in [3.8, 4) is 0 Å². The zero-order valence-corrected chi connectivity index (χ0v) is 15.7. The van der Waals surface area contributed by atoms with Crippen LogP contribution in [0.15, 0.2) is 24.3 Å². The van der Waals surface area contributed by atoms with E-state index in [4.69, 9.17) is 0 Å². The molecular weight excluding hydrogens is 312 g/mol. The van der Waals surface area contributed by atoms with Gasteiger partial charge in [-0.25, -0.2) is 0 Å². The molecule has 0 bridgehead atoms. The number of hydrogen-bond acceptors (Lipinski definition) is 3. The topological polar surface area (TPSA) is 43.8 Å². The molecule has 1 N–H and O–H groups in total. The Morgan fingerprint density at radius 1 is 1.12 bits per heavy atom. The van der Waals surface area contributed by atoms with Crippen molar-refractivity contribution in [2.75, 3.05) is 26.7 Å². The van der Waals surface area contributed by atoms with Gasteiger partial charge in [-0.2, -0.15) is 0 Å². The van der Waals surface area contributed by atoms with Gasteiger partial charge in [-0.05, 0) is 62.4 Å². The summed E-state index contributed by atoms with van der Waals surface area (Å²) < 4.78 is 0. The lowest BCUT2D eigenvalue weighted by Gasteiger charge is -2.53. The van der Waals surface area contributed by atoms with Crippen molar-refractivity contribution < 1.29 is 9.90 Å². The van der Waals surface area contributed by atoms with Crippen LogP contribution in [0.3, 0.4) is 0 Å². The molecule has 4 nitrogen and oxygen atoms in total. The highest BCUT2D eigenvalue weighted by Crippen LogP contribution is 2.50. The Labute approximate surface area is 150 Å². The van der Waals surface area contributed by atoms with Crippen LogP contribution in [0.5, 0.6) is 0 Å². The minimum atomic E-state index is -1.15. The van der Waals surface area contributed by atoms with Crippen molar-refractivity contribution in [3.63, 3.8) is 0 Å². The van der Waals surface area contributed by atoms with Gasteiger partial charge >= 0.3 is 0 Å². The molecule has 4 rings (SSSR count). The number of hydrogen-bond donors (Lipinski definition) is 1. The van der Waals surface area contributed by atoms with E-state index in [2.05, 4.69) is 50.1 Å². The minimum Gasteiger partial charge on any atom is -0.380 e. The SMILES string of the molecule is CN1CCC2(CC1)CN(C(=O)C1(O)CC(C)(C)C1)Cc1ccccc12. The van der Waals surface area contributed by atoms with Gasteiger partial charge in [-0.1, -0.05) is 38.1 Å². The molecular formula is C21H30N2O2. The molecule has 25 heavy (non-hydrogen) atoms. The largest absolute Gasteiger partial charge is 0.380 e. The van der Waals surface area contributed by atoms with E-state index in [9.17, 15) is 9.90 Å². The molecule has 0 aromatic heterocycles. The molecule has 1 aromatic rings. The molecule has 0 radical (unpaired) electrons. The Hall–Kier alpha value is -1.39. The highest BCUT2D eigenvalue weighted by atomic mass is 16.3. The Bertz CT molecular complexity index is 681. The molecule has 1 spiro atoms. The number of benzene rings is 1. The van der Waals surface area contributed by atoms with Gasteiger partial charge in [0.1, 0.15) is 5.60 Å². The van der Waals surface area contributed by atoms with Crippen LogP contribution < -0.4 is 0 Å². The van der Waals surface area contributed by atoms with E-state index in [1.165, 1.54) is 11.1 Å². The van der Waals surface area contributed by atoms with Crippen LogP contribution in [0, 0.1) is 5.41 Å². The zero-order valence-electron chi connectivity index (χ0n) is 15.7. The van der Waals surface area contributed by atoms with E-state index in [1.807, 2.05) is 4.90 Å². The first kappa shape index (κ1) is 17.0. The first-order valence-corrected chi connectivity index (χ1v) is 9.52. The van der Waals surface area contributed by atoms with Crippen molar-refractivity contribution >= 4 is 5.91 Å². The van der Waals surface area contributed by atoms with Gasteiger partial charge in [0.15, 0.2) is 0 Å². The second-order valence-electron chi connectivity index (χ2n) is 9.45. The quantitative estimate of drug-likeness (QED) is 0.853. The number of piperidine rings is 1. The molecule has 1 saturated heterocycles. The number of carbonyl (C=O) groups excluding carboxylic acids is 1. The molecule has 2 aliphatic heterocycles. The maximum Gasteiger partial charge on any atom is 0.254 e. The number of aliphatic hydroxyl groups is 1. The first-order valence-electron chi connectivity index (χ1n) is 9.52. The van der Waals surface area contributed by atoms with Gasteiger partial charge in [0, 0.05) is 18.5 Å². The Morgan fingerprint density at radius 2 is 1.76 bits per heavy atom. The van der Waals surface area contributed by atoms with Crippen LogP contribution in [-0.2, 0) is 16.8 Å². The van der Waals surface area contributed by atoms with Crippen molar-refractivity contribution in [2.45, 2.75) is 57.1 Å². The lowest BCUT2D eigenvalue weighted by atomic mass is 9.60. The summed E-state index contributed by atoms with van der Waals surface area (Å²) in [6.45, 7) is 7.76. The number of rotatable bonds is 1. The van der Waals surface area contributed by atoms with Crippen LogP contribution >= 0.6 is 0 Å². The van der Waals surface area contributed by atoms with Crippen LogP contribution in [0.2, 0.25) is 0 Å². The van der Waals surface area contributed by atoms with Gasteiger partial charge in [0.25, 0.3) is 5.91 Å². The Kier molecular flexibility index (Phi) is 3.79. The van der Waals surface area contributed by atoms with Crippen LogP contribution in [0.25, 0.3) is 0 Å². The average Bonchev–Trinajstić information content (AvgIpc) is 2.55. The summed E-state index contributed by atoms with van der Waals surface area (Å²) >= 11 is 0. The van der Waals surface area contributed by atoms with Gasteiger partial charge in [0.05, 0.1) is 0 Å². The molecule has 0 atom stereocenters. The molecule has 3 aliphatic rings. The number of amides is 1. The van der Waals surface area contributed by atoms with Crippen molar-refractivity contribution in [2.24, 2.45) is 5.41 Å². The molecule has 1 saturated carbocycles. The Morgan fingerprint density at radius 3 is 2.40 bits per heavy atom. The van der Waals surface area contributed by atoms with Gasteiger partial charge < -0.3 is 14.9 Å². The van der Waals surface area contributed by atoms with E-state index >= 15 is 0 Å². The summed E-state index contributed by atoms with van der Waals surface area (Å²) in [5.74, 6) is -0.0559. The molecule has 4 heteroatoms. The third-order valence-corrected chi connectivity index (χ3v) is 6.61. The number of fused-ring (bicyclic) bond motifs is 2. The number of nitrogens with zero attached hydrogens (tertiary/aromatic N) is 2. The van der Waals surface area contributed by atoms with E-state index in [0.717, 1.165) is 32.5 Å². The van der Waals surface area contributed by atoms with Gasteiger partial charge in [0.2, 0.25) is 0 Å². The monoisotopic (exact) mass is 342 g/mol. The fraction of sp³-hybridized carbons (Fsp3) is 0.667. The van der Waals surface area contributed by atoms with Crippen LogP contribution in [0.1, 0.15) is 50.7 Å². The van der Waals surface area contributed by atoms with Crippen LogP contribution in [0.4, 0.5) is 0 Å². The summed E-state index contributed by atoms with van der Waals surface area (Å²) in [7, 11) is 2.17. The lowest BCUT2D eigenvalue weighted by Crippen LogP contribution is -2.62. The molecule has 1 amide bonds. The van der Waals surface area contributed by atoms with Crippen molar-refractivity contribution in [3.05, 3.63) is 35.4 Å². The molecule has 136 valence electrons. The van der Waals surface area contributed by atoms with Crippen molar-refractivity contribution in [1.82, 2.24) is 9.80 Å². The second-order valence-corrected chi connectivity index (χ2v) is 9.45. The normalized spacial score (nSPS) is 26.8. The van der Waals surface area contributed by atoms with E-state index < -0.39 is 5.60 Å². The molecule has 0 unspecified atom stereocenters. The third-order valence-electron chi connectivity index (χ3n) is 6.61. The molecule has 1 aliphatic carbocycles. The Balaban J connectivity index is 1.63. The predicted molar refractivity (Wildman–Crippen MR) is 98.2 cm³/mol. The van der Waals surface area contributed by atoms with E-state index in [0.29, 0.717) is 19.4 Å². The van der Waals surface area contributed by atoms with E-state index in [-0.39, 0.29) is 16.7 Å². The average molecular weight is 342 g/mol. The minimum absolute atomic E-state index is 0.0483. The summed E-state index contributed by atoms with van der Waals surface area (Å²) in [5, 5.41) is 10.8. The second kappa shape index (κ2) is 5.55. The van der Waals surface area contributed by atoms with Crippen molar-refractivity contribution in [1.29, 1.82) is 0 Å². The maximum absolute atomic E-state index is 13.2. The standard InChI is InChI=1S/C21H30N2O2/c1-19(2)13-21(25,14-19)18(24)23-12-16-6-4-5-7-17(16)20(15-23)8-10-22(3)11-9-20/h4-7,25H,8-15H2,1-3H3. The first-order chi connectivity index (χ1) is 11.7. The zero-order chi connectivity index (χ0) is 17.9. The maximum atomic E-state index is 13.2. The number of likely N-dealkylation sites (tertiary alicyclic amines) is 1. The summed E-state index contributed by atoms with van der Waals surface area (Å²) in [6, 6.07) is 8.60. The lowest BCUT2D eigenvalue weighted by molar-refractivity contribution is -0.178. The fourth-order valence-electron chi connectivity index (χ4n) is 5.48. The van der Waals surface area contributed by atoms with E-state index in [1.54, 1.807) is 0 Å². The smallest absolute Gasteiger partial charge is 0.254 e. The highest BCUT2D eigenvalue weighted by molar-refractivity contribution is 5.86. The molecule has 1 aromatic carbocycles. The summed E-state index contributed by atoms with van der Waals surface area (Å²) in [5.41, 5.74) is 1.65. The molecule has 2 fully saturated rings. The molecule has 2 heterocycles. The third kappa shape index (κ3) is 2.80. The van der Waals surface area contributed by atoms with Gasteiger partial charge in [-0.15, -0.1) is 0 Å². The summed E-state index contributed by atoms with van der Waals surface area (Å²) in [6.07, 6.45) is 3.31. The predicted octanol–water partition coefficient (Wildman–Crippen LogP) is 2.54.